The number of aromatic amines is 1. The van der Waals surface area contributed by atoms with Gasteiger partial charge in [-0.15, -0.1) is 0 Å². The number of rotatable bonds is 4. The van der Waals surface area contributed by atoms with E-state index in [0.29, 0.717) is 16.9 Å². The van der Waals surface area contributed by atoms with Crippen LogP contribution in [-0.4, -0.2) is 41.2 Å². The van der Waals surface area contributed by atoms with Crippen molar-refractivity contribution in [3.05, 3.63) is 71.3 Å². The smallest absolute Gasteiger partial charge is 0.303 e. The number of hydrogen-bond acceptors (Lipinski definition) is 6. The van der Waals surface area contributed by atoms with Crippen LogP contribution in [0.4, 0.5) is 0 Å². The number of benzene rings is 2. The SMILES string of the molecule is C1CCNCC1.CCC(=O)O.COc1ccc(-c2c(-c3ccccc3)oc3nc[nH]c(=O)c23)cc1. The van der Waals surface area contributed by atoms with E-state index in [1.54, 1.807) is 14.0 Å². The third-order valence-corrected chi connectivity index (χ3v) is 5.42. The number of methoxy groups -OCH3 is 1. The van der Waals surface area contributed by atoms with Crippen molar-refractivity contribution in [2.24, 2.45) is 0 Å². The zero-order valence-electron chi connectivity index (χ0n) is 20.0. The van der Waals surface area contributed by atoms with Gasteiger partial charge in [0.15, 0.2) is 0 Å². The molecule has 8 heteroatoms. The number of ether oxygens (including phenoxy) is 1. The Morgan fingerprint density at radius 2 is 1.69 bits per heavy atom. The van der Waals surface area contributed by atoms with Crippen LogP contribution >= 0.6 is 0 Å². The largest absolute Gasteiger partial charge is 0.497 e. The number of hydrogen-bond donors (Lipinski definition) is 3. The average molecular weight is 478 g/mol. The Labute approximate surface area is 204 Å². The molecule has 0 radical (unpaired) electrons. The minimum Gasteiger partial charge on any atom is -0.497 e. The van der Waals surface area contributed by atoms with Gasteiger partial charge in [0.25, 0.3) is 5.56 Å². The van der Waals surface area contributed by atoms with Gasteiger partial charge in [-0.3, -0.25) is 9.59 Å². The molecule has 1 saturated heterocycles. The summed E-state index contributed by atoms with van der Waals surface area (Å²) in [7, 11) is 1.62. The van der Waals surface area contributed by atoms with Gasteiger partial charge >= 0.3 is 5.97 Å². The Hall–Kier alpha value is -3.91. The van der Waals surface area contributed by atoms with Gasteiger partial charge in [-0.05, 0) is 43.6 Å². The number of piperidine rings is 1. The number of nitrogens with zero attached hydrogens (tertiary/aromatic N) is 1. The molecule has 0 saturated carbocycles. The molecule has 1 fully saturated rings. The number of aromatic nitrogens is 2. The first-order chi connectivity index (χ1) is 17.0. The molecule has 3 N–H and O–H groups in total. The first-order valence-corrected chi connectivity index (χ1v) is 11.7. The number of carbonyl (C=O) groups is 1. The first-order valence-electron chi connectivity index (χ1n) is 11.7. The Kier molecular flexibility index (Phi) is 9.62. The van der Waals surface area contributed by atoms with Crippen LogP contribution in [0.3, 0.4) is 0 Å². The van der Waals surface area contributed by atoms with Gasteiger partial charge < -0.3 is 24.6 Å². The van der Waals surface area contributed by atoms with E-state index in [2.05, 4.69) is 15.3 Å². The van der Waals surface area contributed by atoms with Crippen molar-refractivity contribution in [2.45, 2.75) is 32.6 Å². The summed E-state index contributed by atoms with van der Waals surface area (Å²) >= 11 is 0. The summed E-state index contributed by atoms with van der Waals surface area (Å²) in [5, 5.41) is 11.5. The van der Waals surface area contributed by atoms with Gasteiger partial charge in [0, 0.05) is 17.5 Å². The van der Waals surface area contributed by atoms with E-state index >= 15 is 0 Å². The summed E-state index contributed by atoms with van der Waals surface area (Å²) in [6.07, 6.45) is 5.79. The number of furan rings is 1. The van der Waals surface area contributed by atoms with Crippen LogP contribution in [0.25, 0.3) is 33.6 Å². The molecule has 1 aliphatic heterocycles. The Morgan fingerprint density at radius 3 is 2.20 bits per heavy atom. The standard InChI is InChI=1S/C19H14N2O3.C5H11N.C3H6O2/c1-23-14-9-7-12(8-10-14)15-16-18(22)20-11-21-19(16)24-17(15)13-5-3-2-4-6-13;1-2-4-6-5-3-1;1-2-3(4)5/h2-11H,1H3,(H,20,21,22);6H,1-5H2;2H2,1H3,(H,4,5). The van der Waals surface area contributed by atoms with E-state index in [4.69, 9.17) is 14.3 Å². The highest BCUT2D eigenvalue weighted by molar-refractivity contribution is 5.99. The van der Waals surface area contributed by atoms with Crippen molar-refractivity contribution in [2.75, 3.05) is 20.2 Å². The minimum absolute atomic E-state index is 0.222. The summed E-state index contributed by atoms with van der Waals surface area (Å²) in [6.45, 7) is 4.10. The third-order valence-electron chi connectivity index (χ3n) is 5.42. The van der Waals surface area contributed by atoms with E-state index < -0.39 is 5.97 Å². The summed E-state index contributed by atoms with van der Waals surface area (Å²) in [5.41, 5.74) is 2.58. The van der Waals surface area contributed by atoms with Gasteiger partial charge in [-0.25, -0.2) is 4.98 Å². The topological polar surface area (TPSA) is 117 Å². The second-order valence-corrected chi connectivity index (χ2v) is 7.87. The van der Waals surface area contributed by atoms with E-state index in [9.17, 15) is 9.59 Å². The van der Waals surface area contributed by atoms with E-state index in [1.165, 1.54) is 38.7 Å². The van der Waals surface area contributed by atoms with Gasteiger partial charge in [0.2, 0.25) is 5.71 Å². The molecule has 0 amide bonds. The molecule has 5 rings (SSSR count). The highest BCUT2D eigenvalue weighted by Gasteiger charge is 2.20. The van der Waals surface area contributed by atoms with Crippen molar-refractivity contribution in [1.29, 1.82) is 0 Å². The van der Waals surface area contributed by atoms with Crippen LogP contribution in [0.2, 0.25) is 0 Å². The van der Waals surface area contributed by atoms with E-state index in [0.717, 1.165) is 22.4 Å². The van der Waals surface area contributed by atoms with Crippen molar-refractivity contribution < 1.29 is 19.1 Å². The zero-order chi connectivity index (χ0) is 25.0. The Morgan fingerprint density at radius 1 is 1.03 bits per heavy atom. The number of H-pyrrole nitrogens is 1. The number of fused-ring (bicyclic) bond motifs is 1. The van der Waals surface area contributed by atoms with E-state index in [-0.39, 0.29) is 12.0 Å². The molecule has 0 bridgehead atoms. The lowest BCUT2D eigenvalue weighted by Gasteiger charge is -2.08. The highest BCUT2D eigenvalue weighted by Crippen LogP contribution is 2.38. The highest BCUT2D eigenvalue weighted by atomic mass is 16.5. The number of aliphatic carboxylic acids is 1. The molecular weight excluding hydrogens is 446 g/mol. The predicted octanol–water partition coefficient (Wildman–Crippen LogP) is 5.10. The lowest BCUT2D eigenvalue weighted by Crippen LogP contribution is -2.21. The van der Waals surface area contributed by atoms with Gasteiger partial charge in [0.05, 0.1) is 13.4 Å². The lowest BCUT2D eigenvalue weighted by molar-refractivity contribution is -0.136. The zero-order valence-corrected chi connectivity index (χ0v) is 20.0. The molecule has 3 heterocycles. The molecule has 8 nitrogen and oxygen atoms in total. The Balaban J connectivity index is 0.000000259. The van der Waals surface area contributed by atoms with E-state index in [1.807, 2.05) is 54.6 Å². The summed E-state index contributed by atoms with van der Waals surface area (Å²) in [4.78, 5) is 28.5. The fraction of sp³-hybridized carbons (Fsp3) is 0.296. The lowest BCUT2D eigenvalue weighted by atomic mass is 9.99. The fourth-order valence-electron chi connectivity index (χ4n) is 3.57. The second kappa shape index (κ2) is 13.1. The van der Waals surface area contributed by atoms with Crippen molar-refractivity contribution >= 4 is 17.1 Å². The molecule has 4 aromatic rings. The van der Waals surface area contributed by atoms with Crippen molar-refractivity contribution in [1.82, 2.24) is 15.3 Å². The summed E-state index contributed by atoms with van der Waals surface area (Å²) < 4.78 is 11.1. The molecule has 0 unspecified atom stereocenters. The maximum atomic E-state index is 12.4. The third kappa shape index (κ3) is 7.04. The molecule has 184 valence electrons. The number of nitrogens with one attached hydrogen (secondary N) is 2. The van der Waals surface area contributed by atoms with Gasteiger partial charge in [-0.1, -0.05) is 55.8 Å². The van der Waals surface area contributed by atoms with Crippen LogP contribution < -0.4 is 15.6 Å². The van der Waals surface area contributed by atoms with Crippen LogP contribution in [0.1, 0.15) is 32.6 Å². The molecule has 2 aromatic carbocycles. The van der Waals surface area contributed by atoms with Crippen LogP contribution in [-0.2, 0) is 4.79 Å². The monoisotopic (exact) mass is 477 g/mol. The van der Waals surface area contributed by atoms with Crippen LogP contribution in [0.15, 0.2) is 70.1 Å². The molecule has 0 aliphatic carbocycles. The Bertz CT molecular complexity index is 1250. The maximum absolute atomic E-state index is 12.4. The average Bonchev–Trinajstić information content (AvgIpc) is 3.32. The van der Waals surface area contributed by atoms with Crippen LogP contribution in [0.5, 0.6) is 5.75 Å². The molecule has 0 spiro atoms. The maximum Gasteiger partial charge on any atom is 0.303 e. The van der Waals surface area contributed by atoms with Crippen molar-refractivity contribution in [3.63, 3.8) is 0 Å². The van der Waals surface area contributed by atoms with Crippen molar-refractivity contribution in [3.8, 4) is 28.2 Å². The summed E-state index contributed by atoms with van der Waals surface area (Å²) in [5.74, 6) is 0.629. The molecular formula is C27H31N3O5. The second-order valence-electron chi connectivity index (χ2n) is 7.87. The summed E-state index contributed by atoms with van der Waals surface area (Å²) in [6, 6.07) is 17.2. The van der Waals surface area contributed by atoms with Crippen LogP contribution in [0, 0.1) is 0 Å². The fourth-order valence-corrected chi connectivity index (χ4v) is 3.57. The molecule has 2 aromatic heterocycles. The normalized spacial score (nSPS) is 12.6. The number of carboxylic acid groups (broad SMARTS) is 1. The first kappa shape index (κ1) is 25.7. The minimum atomic E-state index is -0.745. The predicted molar refractivity (Wildman–Crippen MR) is 137 cm³/mol. The quantitative estimate of drug-likeness (QED) is 0.374. The molecule has 1 aliphatic rings. The molecule has 35 heavy (non-hydrogen) atoms. The molecule has 0 atom stereocenters. The van der Waals surface area contributed by atoms with Gasteiger partial charge in [0.1, 0.15) is 16.9 Å². The van der Waals surface area contributed by atoms with Gasteiger partial charge in [-0.2, -0.15) is 0 Å². The number of carboxylic acids is 1.